The number of benzene rings is 4. The highest BCUT2D eigenvalue weighted by Crippen LogP contribution is 2.33. The normalized spacial score (nSPS) is 10.9. The van der Waals surface area contributed by atoms with Crippen molar-refractivity contribution in [2.24, 2.45) is 0 Å². The maximum Gasteiger partial charge on any atom is 0.227 e. The number of Topliss-reactive ketones (excluding diaryl/α,β-unsaturated/α-hetero) is 1. The average Bonchev–Trinajstić information content (AvgIpc) is 3.28. The predicted molar refractivity (Wildman–Crippen MR) is 151 cm³/mol. The second kappa shape index (κ2) is 11.7. The van der Waals surface area contributed by atoms with Gasteiger partial charge in [0.1, 0.15) is 17.9 Å². The van der Waals surface area contributed by atoms with E-state index in [1.165, 1.54) is 16.3 Å². The Morgan fingerprint density at radius 1 is 0.769 bits per heavy atom. The van der Waals surface area contributed by atoms with Gasteiger partial charge in [-0.05, 0) is 23.3 Å². The molecular formula is C34H29BrN2O2. The number of rotatable bonds is 8. The molecule has 0 fully saturated rings. The van der Waals surface area contributed by atoms with E-state index in [1.54, 1.807) is 0 Å². The van der Waals surface area contributed by atoms with Crippen molar-refractivity contribution in [3.63, 3.8) is 0 Å². The Kier molecular flexibility index (Phi) is 7.89. The molecule has 194 valence electrons. The van der Waals surface area contributed by atoms with Gasteiger partial charge in [-0.15, -0.1) is 0 Å². The molecule has 0 aliphatic carbocycles. The number of ketones is 1. The molecule has 0 radical (unpaired) electrons. The van der Waals surface area contributed by atoms with Gasteiger partial charge < -0.3 is 26.3 Å². The zero-order chi connectivity index (χ0) is 25.9. The molecule has 0 atom stereocenters. The van der Waals surface area contributed by atoms with Crippen molar-refractivity contribution in [1.82, 2.24) is 4.57 Å². The van der Waals surface area contributed by atoms with E-state index < -0.39 is 0 Å². The Balaban J connectivity index is 0.00000308. The van der Waals surface area contributed by atoms with E-state index in [-0.39, 0.29) is 22.8 Å². The van der Waals surface area contributed by atoms with Crippen molar-refractivity contribution in [1.29, 1.82) is 0 Å². The van der Waals surface area contributed by atoms with E-state index in [0.29, 0.717) is 13.2 Å². The standard InChI is InChI=1S/C34H29N2O2.BrH/c1-25-34-31(19-20-35(25)23-33(37)28-15-9-4-10-16-28)30-18-17-29(38-24-27-13-7-3-8-14-27)21-32(30)36(34)22-26-11-5-2-6-12-26;/h2-21H,22-24H2,1H3;1H/q+1;/p-1. The Hall–Kier alpha value is -4.22. The van der Waals surface area contributed by atoms with Crippen LogP contribution in [0.1, 0.15) is 27.2 Å². The summed E-state index contributed by atoms with van der Waals surface area (Å²) in [6.45, 7) is 3.64. The van der Waals surface area contributed by atoms with E-state index >= 15 is 0 Å². The van der Waals surface area contributed by atoms with Crippen LogP contribution in [0.15, 0.2) is 121 Å². The highest BCUT2D eigenvalue weighted by atomic mass is 79.9. The molecule has 0 bridgehead atoms. The molecule has 6 rings (SSSR count). The summed E-state index contributed by atoms with van der Waals surface area (Å²) in [5.41, 5.74) is 6.39. The van der Waals surface area contributed by atoms with Crippen LogP contribution in [0.2, 0.25) is 0 Å². The van der Waals surface area contributed by atoms with E-state index in [1.807, 2.05) is 66.9 Å². The van der Waals surface area contributed by atoms with Crippen LogP contribution in [0.3, 0.4) is 0 Å². The molecule has 0 spiro atoms. The SMILES string of the molecule is Cc1c2c(cc[n+]1CC(=O)c1ccccc1)c1ccc(OCc3ccccc3)cc1n2Cc1ccccc1.[Br-]. The Morgan fingerprint density at radius 2 is 1.41 bits per heavy atom. The second-order valence-electron chi connectivity index (χ2n) is 9.61. The third-order valence-electron chi connectivity index (χ3n) is 7.11. The molecule has 5 heteroatoms. The van der Waals surface area contributed by atoms with E-state index in [0.717, 1.165) is 40.1 Å². The fourth-order valence-electron chi connectivity index (χ4n) is 5.13. The van der Waals surface area contributed by atoms with Gasteiger partial charge in [0.15, 0.2) is 6.20 Å². The van der Waals surface area contributed by atoms with Crippen LogP contribution in [-0.2, 0) is 19.7 Å². The number of halogens is 1. The summed E-state index contributed by atoms with van der Waals surface area (Å²) >= 11 is 0. The second-order valence-corrected chi connectivity index (χ2v) is 9.61. The van der Waals surface area contributed by atoms with Crippen LogP contribution in [0.4, 0.5) is 0 Å². The first-order chi connectivity index (χ1) is 18.7. The van der Waals surface area contributed by atoms with Crippen LogP contribution in [-0.4, -0.2) is 10.4 Å². The first kappa shape index (κ1) is 26.4. The summed E-state index contributed by atoms with van der Waals surface area (Å²) in [6.07, 6.45) is 2.03. The van der Waals surface area contributed by atoms with Crippen molar-refractivity contribution in [2.75, 3.05) is 0 Å². The van der Waals surface area contributed by atoms with Crippen LogP contribution in [0.5, 0.6) is 5.75 Å². The summed E-state index contributed by atoms with van der Waals surface area (Å²) in [5, 5.41) is 2.35. The molecule has 39 heavy (non-hydrogen) atoms. The monoisotopic (exact) mass is 576 g/mol. The molecule has 4 nitrogen and oxygen atoms in total. The number of fused-ring (bicyclic) bond motifs is 3. The molecule has 0 aliphatic rings. The van der Waals surface area contributed by atoms with Gasteiger partial charge in [-0.1, -0.05) is 91.0 Å². The predicted octanol–water partition coefficient (Wildman–Crippen LogP) is 3.90. The molecule has 0 N–H and O–H groups in total. The van der Waals surface area contributed by atoms with Crippen molar-refractivity contribution in [3.05, 3.63) is 144 Å². The van der Waals surface area contributed by atoms with Gasteiger partial charge in [-0.25, -0.2) is 0 Å². The summed E-state index contributed by atoms with van der Waals surface area (Å²) < 4.78 is 10.6. The summed E-state index contributed by atoms with van der Waals surface area (Å²) in [7, 11) is 0. The molecular weight excluding hydrogens is 548 g/mol. The molecule has 6 aromatic rings. The number of carbonyl (C=O) groups is 1. The minimum absolute atomic E-state index is 0. The summed E-state index contributed by atoms with van der Waals surface area (Å²) in [5.74, 6) is 0.934. The summed E-state index contributed by atoms with van der Waals surface area (Å²) in [4.78, 5) is 13.0. The Morgan fingerprint density at radius 3 is 2.10 bits per heavy atom. The largest absolute Gasteiger partial charge is 1.00 e. The molecule has 2 heterocycles. The number of ether oxygens (including phenoxy) is 1. The van der Waals surface area contributed by atoms with Crippen LogP contribution in [0.25, 0.3) is 21.8 Å². The lowest BCUT2D eigenvalue weighted by Gasteiger charge is -2.11. The Labute approximate surface area is 238 Å². The van der Waals surface area contributed by atoms with Crippen molar-refractivity contribution >= 4 is 27.6 Å². The lowest BCUT2D eigenvalue weighted by atomic mass is 10.1. The first-order valence-corrected chi connectivity index (χ1v) is 12.9. The molecule has 0 unspecified atom stereocenters. The van der Waals surface area contributed by atoms with Gasteiger partial charge >= 0.3 is 0 Å². The van der Waals surface area contributed by atoms with Crippen molar-refractivity contribution in [2.45, 2.75) is 26.6 Å². The molecule has 0 saturated carbocycles. The number of hydrogen-bond donors (Lipinski definition) is 0. The maximum atomic E-state index is 13.0. The third-order valence-corrected chi connectivity index (χ3v) is 7.11. The quantitative estimate of drug-likeness (QED) is 0.203. The molecule has 2 aromatic heterocycles. The van der Waals surface area contributed by atoms with Crippen molar-refractivity contribution < 1.29 is 31.1 Å². The molecule has 0 amide bonds. The maximum absolute atomic E-state index is 13.0. The van der Waals surface area contributed by atoms with Gasteiger partial charge in [0.25, 0.3) is 0 Å². The first-order valence-electron chi connectivity index (χ1n) is 12.9. The highest BCUT2D eigenvalue weighted by molar-refractivity contribution is 6.08. The number of aryl methyl sites for hydroxylation is 1. The van der Waals surface area contributed by atoms with Crippen LogP contribution >= 0.6 is 0 Å². The van der Waals surface area contributed by atoms with E-state index in [4.69, 9.17) is 4.74 Å². The van der Waals surface area contributed by atoms with Crippen molar-refractivity contribution in [3.8, 4) is 5.75 Å². The summed E-state index contributed by atoms with van der Waals surface area (Å²) in [6, 6.07) is 38.7. The number of carbonyl (C=O) groups excluding carboxylic acids is 1. The minimum atomic E-state index is 0. The molecule has 0 aliphatic heterocycles. The van der Waals surface area contributed by atoms with Gasteiger partial charge in [-0.3, -0.25) is 4.79 Å². The zero-order valence-electron chi connectivity index (χ0n) is 21.8. The lowest BCUT2D eigenvalue weighted by Crippen LogP contribution is -3.00. The smallest absolute Gasteiger partial charge is 0.227 e. The fraction of sp³-hybridized carbons (Fsp3) is 0.118. The zero-order valence-corrected chi connectivity index (χ0v) is 23.3. The number of aromatic nitrogens is 2. The van der Waals surface area contributed by atoms with E-state index in [9.17, 15) is 4.79 Å². The van der Waals surface area contributed by atoms with Crippen LogP contribution in [0, 0.1) is 6.92 Å². The lowest BCUT2D eigenvalue weighted by molar-refractivity contribution is -0.687. The van der Waals surface area contributed by atoms with Gasteiger partial charge in [0.2, 0.25) is 18.0 Å². The van der Waals surface area contributed by atoms with Gasteiger partial charge in [0.05, 0.1) is 5.52 Å². The van der Waals surface area contributed by atoms with E-state index in [2.05, 4.69) is 70.7 Å². The number of hydrogen-bond acceptors (Lipinski definition) is 2. The molecule has 4 aromatic carbocycles. The topological polar surface area (TPSA) is 35.1 Å². The number of nitrogens with zero attached hydrogens (tertiary/aromatic N) is 2. The number of pyridine rings is 1. The molecule has 0 saturated heterocycles. The highest BCUT2D eigenvalue weighted by Gasteiger charge is 2.22. The van der Waals surface area contributed by atoms with Crippen LogP contribution < -0.4 is 26.3 Å². The van der Waals surface area contributed by atoms with Gasteiger partial charge in [0, 0.05) is 41.9 Å². The Bertz CT molecular complexity index is 1730. The van der Waals surface area contributed by atoms with Gasteiger partial charge in [-0.2, -0.15) is 4.57 Å². The fourth-order valence-corrected chi connectivity index (χ4v) is 5.13. The minimum Gasteiger partial charge on any atom is -1.00 e. The average molecular weight is 578 g/mol. The third kappa shape index (κ3) is 5.50.